The van der Waals surface area contributed by atoms with Crippen LogP contribution >= 0.6 is 0 Å². The van der Waals surface area contributed by atoms with Gasteiger partial charge in [0, 0.05) is 26.2 Å². The highest BCUT2D eigenvalue weighted by Gasteiger charge is 2.25. The molecule has 0 heterocycles. The zero-order valence-electron chi connectivity index (χ0n) is 9.58. The summed E-state index contributed by atoms with van der Waals surface area (Å²) in [5.74, 6) is 0.189. The van der Waals surface area contributed by atoms with Crippen molar-refractivity contribution in [2.75, 3.05) is 26.8 Å². The number of hydrogen-bond acceptors (Lipinski definition) is 3. The van der Waals surface area contributed by atoms with Crippen molar-refractivity contribution in [1.29, 1.82) is 0 Å². The molecule has 0 aromatic carbocycles. The Labute approximate surface area is 91.8 Å². The van der Waals surface area contributed by atoms with Crippen molar-refractivity contribution in [3.05, 3.63) is 0 Å². The van der Waals surface area contributed by atoms with Crippen molar-refractivity contribution < 1.29 is 9.53 Å². The summed E-state index contributed by atoms with van der Waals surface area (Å²) in [5.41, 5.74) is 5.54. The molecular weight excluding hydrogens is 192 g/mol. The number of nitrogens with two attached hydrogens (primary N) is 1. The first-order valence-electron chi connectivity index (χ1n) is 5.78. The Kier molecular flexibility index (Phi) is 5.65. The van der Waals surface area contributed by atoms with E-state index in [0.717, 1.165) is 12.8 Å². The quantitative estimate of drug-likeness (QED) is 0.710. The number of nitrogens with zero attached hydrogens (tertiary/aromatic N) is 1. The van der Waals surface area contributed by atoms with Crippen LogP contribution in [0.4, 0.5) is 0 Å². The molecule has 0 aromatic heterocycles. The average Bonchev–Trinajstić information content (AvgIpc) is 2.75. The molecule has 1 aliphatic carbocycles. The molecule has 1 saturated carbocycles. The van der Waals surface area contributed by atoms with Crippen LogP contribution in [-0.4, -0.2) is 43.7 Å². The van der Waals surface area contributed by atoms with E-state index >= 15 is 0 Å². The predicted octanol–water partition coefficient (Wildman–Crippen LogP) is 0.753. The molecule has 0 spiro atoms. The fourth-order valence-electron chi connectivity index (χ4n) is 2.20. The minimum atomic E-state index is 0.189. The average molecular weight is 214 g/mol. The second-order valence-corrected chi connectivity index (χ2v) is 4.06. The Bertz CT molecular complexity index is 191. The third kappa shape index (κ3) is 3.80. The maximum absolute atomic E-state index is 11.9. The second-order valence-electron chi connectivity index (χ2n) is 4.06. The summed E-state index contributed by atoms with van der Waals surface area (Å²) in [6, 6.07) is 0.429. The van der Waals surface area contributed by atoms with Gasteiger partial charge in [0.2, 0.25) is 5.91 Å². The van der Waals surface area contributed by atoms with Gasteiger partial charge in [-0.05, 0) is 12.8 Å². The van der Waals surface area contributed by atoms with Crippen LogP contribution in [0.5, 0.6) is 0 Å². The molecule has 4 heteroatoms. The highest BCUT2D eigenvalue weighted by molar-refractivity contribution is 5.76. The van der Waals surface area contributed by atoms with Gasteiger partial charge >= 0.3 is 0 Å². The molecule has 0 aromatic rings. The van der Waals surface area contributed by atoms with Crippen LogP contribution in [0.2, 0.25) is 0 Å². The summed E-state index contributed by atoms with van der Waals surface area (Å²) < 4.78 is 4.92. The smallest absolute Gasteiger partial charge is 0.225 e. The molecule has 15 heavy (non-hydrogen) atoms. The number of carbonyl (C=O) groups is 1. The molecule has 88 valence electrons. The van der Waals surface area contributed by atoms with Gasteiger partial charge in [-0.15, -0.1) is 0 Å². The molecule has 1 amide bonds. The molecule has 0 atom stereocenters. The Morgan fingerprint density at radius 1 is 1.47 bits per heavy atom. The van der Waals surface area contributed by atoms with Gasteiger partial charge in [0.25, 0.3) is 0 Å². The summed E-state index contributed by atoms with van der Waals surface area (Å²) in [4.78, 5) is 13.8. The van der Waals surface area contributed by atoms with E-state index in [1.807, 2.05) is 4.90 Å². The lowest BCUT2D eigenvalue weighted by Gasteiger charge is -2.28. The van der Waals surface area contributed by atoms with Crippen molar-refractivity contribution in [3.8, 4) is 0 Å². The Balaban J connectivity index is 2.43. The summed E-state index contributed by atoms with van der Waals surface area (Å²) in [5, 5.41) is 0. The fraction of sp³-hybridized carbons (Fsp3) is 0.909. The number of ether oxygens (including phenoxy) is 1. The van der Waals surface area contributed by atoms with E-state index < -0.39 is 0 Å². The van der Waals surface area contributed by atoms with Gasteiger partial charge in [0.1, 0.15) is 0 Å². The predicted molar refractivity (Wildman–Crippen MR) is 59.5 cm³/mol. The maximum atomic E-state index is 11.9. The van der Waals surface area contributed by atoms with Crippen molar-refractivity contribution in [2.45, 2.75) is 38.1 Å². The Morgan fingerprint density at radius 3 is 2.67 bits per heavy atom. The lowest BCUT2D eigenvalue weighted by Crippen LogP contribution is -2.42. The first-order valence-corrected chi connectivity index (χ1v) is 5.78. The number of rotatable bonds is 6. The van der Waals surface area contributed by atoms with Crippen molar-refractivity contribution in [2.24, 2.45) is 5.73 Å². The number of amides is 1. The Morgan fingerprint density at radius 2 is 2.13 bits per heavy atom. The molecule has 4 nitrogen and oxygen atoms in total. The molecule has 0 unspecified atom stereocenters. The molecular formula is C11H22N2O2. The van der Waals surface area contributed by atoms with E-state index in [0.29, 0.717) is 32.2 Å². The van der Waals surface area contributed by atoms with Crippen LogP contribution in [0, 0.1) is 0 Å². The summed E-state index contributed by atoms with van der Waals surface area (Å²) in [7, 11) is 1.62. The van der Waals surface area contributed by atoms with Gasteiger partial charge in [-0.25, -0.2) is 0 Å². The molecule has 0 aliphatic heterocycles. The maximum Gasteiger partial charge on any atom is 0.225 e. The molecule has 1 aliphatic rings. The first-order chi connectivity index (χ1) is 7.29. The monoisotopic (exact) mass is 214 g/mol. The molecule has 0 saturated heterocycles. The van der Waals surface area contributed by atoms with E-state index in [2.05, 4.69) is 0 Å². The van der Waals surface area contributed by atoms with Gasteiger partial charge < -0.3 is 15.4 Å². The van der Waals surface area contributed by atoms with E-state index in [1.54, 1.807) is 7.11 Å². The Hall–Kier alpha value is -0.610. The normalized spacial score (nSPS) is 16.9. The molecule has 2 N–H and O–H groups in total. The lowest BCUT2D eigenvalue weighted by molar-refractivity contribution is -0.134. The summed E-state index contributed by atoms with van der Waals surface area (Å²) >= 11 is 0. The van der Waals surface area contributed by atoms with E-state index in [-0.39, 0.29) is 5.91 Å². The SMILES string of the molecule is COCCC(=O)N(CCN)C1CCCC1. The third-order valence-electron chi connectivity index (χ3n) is 2.98. The highest BCUT2D eigenvalue weighted by Crippen LogP contribution is 2.23. The standard InChI is InChI=1S/C11H22N2O2/c1-15-9-6-11(14)13(8-7-12)10-4-2-3-5-10/h10H,2-9,12H2,1H3. The number of carbonyl (C=O) groups excluding carboxylic acids is 1. The molecule has 1 fully saturated rings. The van der Waals surface area contributed by atoms with Crippen molar-refractivity contribution in [1.82, 2.24) is 4.90 Å². The highest BCUT2D eigenvalue weighted by atomic mass is 16.5. The van der Waals surface area contributed by atoms with Gasteiger partial charge in [-0.2, -0.15) is 0 Å². The minimum absolute atomic E-state index is 0.189. The number of hydrogen-bond donors (Lipinski definition) is 1. The summed E-state index contributed by atoms with van der Waals surface area (Å²) in [6.45, 7) is 1.75. The van der Waals surface area contributed by atoms with E-state index in [4.69, 9.17) is 10.5 Å². The van der Waals surface area contributed by atoms with E-state index in [9.17, 15) is 4.79 Å². The van der Waals surface area contributed by atoms with Crippen LogP contribution in [-0.2, 0) is 9.53 Å². The van der Waals surface area contributed by atoms with Gasteiger partial charge in [0.05, 0.1) is 13.0 Å². The zero-order chi connectivity index (χ0) is 11.1. The topological polar surface area (TPSA) is 55.6 Å². The van der Waals surface area contributed by atoms with Crippen LogP contribution in [0.15, 0.2) is 0 Å². The van der Waals surface area contributed by atoms with Crippen LogP contribution < -0.4 is 5.73 Å². The van der Waals surface area contributed by atoms with Crippen molar-refractivity contribution >= 4 is 5.91 Å². The lowest BCUT2D eigenvalue weighted by atomic mass is 10.2. The molecule has 1 rings (SSSR count). The number of methoxy groups -OCH3 is 1. The minimum Gasteiger partial charge on any atom is -0.384 e. The van der Waals surface area contributed by atoms with Crippen LogP contribution in [0.25, 0.3) is 0 Å². The zero-order valence-corrected chi connectivity index (χ0v) is 9.58. The van der Waals surface area contributed by atoms with Crippen LogP contribution in [0.1, 0.15) is 32.1 Å². The fourth-order valence-corrected chi connectivity index (χ4v) is 2.20. The van der Waals surface area contributed by atoms with Crippen LogP contribution in [0.3, 0.4) is 0 Å². The van der Waals surface area contributed by atoms with Gasteiger partial charge in [-0.3, -0.25) is 4.79 Å². The second kappa shape index (κ2) is 6.80. The van der Waals surface area contributed by atoms with Crippen molar-refractivity contribution in [3.63, 3.8) is 0 Å². The van der Waals surface area contributed by atoms with Gasteiger partial charge in [-0.1, -0.05) is 12.8 Å². The third-order valence-corrected chi connectivity index (χ3v) is 2.98. The largest absolute Gasteiger partial charge is 0.384 e. The van der Waals surface area contributed by atoms with Gasteiger partial charge in [0.15, 0.2) is 0 Å². The molecule has 0 radical (unpaired) electrons. The summed E-state index contributed by atoms with van der Waals surface area (Å²) in [6.07, 6.45) is 5.23. The van der Waals surface area contributed by atoms with E-state index in [1.165, 1.54) is 12.8 Å². The molecule has 0 bridgehead atoms. The first kappa shape index (κ1) is 12.5.